The number of aromatic nitrogens is 4. The Morgan fingerprint density at radius 2 is 1.26 bits per heavy atom. The van der Waals surface area contributed by atoms with E-state index >= 15 is 0 Å². The third-order valence-corrected chi connectivity index (χ3v) is 17.1. The number of nitrogens with zero attached hydrogens (tertiary/aromatic N) is 4. The van der Waals surface area contributed by atoms with Gasteiger partial charge < -0.3 is 14.0 Å². The average Bonchev–Trinajstić information content (AvgIpc) is 4.26. The van der Waals surface area contributed by atoms with E-state index in [0.29, 0.717) is 17.2 Å². The molecule has 0 aliphatic rings. The Hall–Kier alpha value is -7.87. The predicted octanol–water partition coefficient (Wildman–Crippen LogP) is 15.8. The van der Waals surface area contributed by atoms with E-state index in [9.17, 15) is 4.39 Å². The summed E-state index contributed by atoms with van der Waals surface area (Å²) >= 11 is 0. The molecule has 0 spiro atoms. The van der Waals surface area contributed by atoms with Crippen LogP contribution in [0.3, 0.4) is 0 Å². The molecule has 8 heteroatoms. The van der Waals surface area contributed by atoms with Gasteiger partial charge in [0.15, 0.2) is 0 Å². The Bertz CT molecular complexity index is 4020. The minimum absolute atomic E-state index is 0. The van der Waals surface area contributed by atoms with Gasteiger partial charge in [-0.05, 0) is 75.6 Å². The molecule has 0 aliphatic heterocycles. The number of furan rings is 1. The average molecular weight is 1160 g/mol. The Morgan fingerprint density at radius 1 is 0.649 bits per heavy atom. The summed E-state index contributed by atoms with van der Waals surface area (Å²) < 4.78 is 46.1. The molecule has 0 amide bonds. The van der Waals surface area contributed by atoms with E-state index in [1.54, 1.807) is 0 Å². The van der Waals surface area contributed by atoms with Gasteiger partial charge in [0.25, 0.3) is 0 Å². The molecule has 12 rings (SSSR count). The maximum absolute atomic E-state index is 14.7. The van der Waals surface area contributed by atoms with Gasteiger partial charge in [-0.3, -0.25) is 14.4 Å². The molecular formula is C66H53FIrN4OSi-2. The second-order valence-corrected chi connectivity index (χ2v) is 23.7. The van der Waals surface area contributed by atoms with Gasteiger partial charge in [-0.2, -0.15) is 0 Å². The molecule has 0 saturated carbocycles. The van der Waals surface area contributed by atoms with E-state index in [1.165, 1.54) is 27.6 Å². The summed E-state index contributed by atoms with van der Waals surface area (Å²) in [6.45, 7) is 6.58. The fraction of sp³-hybridized carbons (Fsp3) is 0.106. The topological polar surface area (TPSA) is 56.7 Å². The molecule has 0 unspecified atom stereocenters. The predicted molar refractivity (Wildman–Crippen MR) is 302 cm³/mol. The zero-order chi connectivity index (χ0) is 52.6. The molecule has 0 bridgehead atoms. The normalized spacial score (nSPS) is 12.2. The molecule has 1 radical (unpaired) electrons. The maximum Gasteiger partial charge on any atom is 0.140 e. The monoisotopic (exact) mass is 1160 g/mol. The van der Waals surface area contributed by atoms with Crippen molar-refractivity contribution >= 4 is 51.5 Å². The van der Waals surface area contributed by atoms with Gasteiger partial charge in [0, 0.05) is 53.7 Å². The van der Waals surface area contributed by atoms with Crippen LogP contribution in [0.25, 0.3) is 94.8 Å². The quantitative estimate of drug-likeness (QED) is 0.101. The molecule has 74 heavy (non-hydrogen) atoms. The molecule has 0 N–H and O–H groups in total. The summed E-state index contributed by atoms with van der Waals surface area (Å²) in [7, 11) is -1.98. The van der Waals surface area contributed by atoms with Gasteiger partial charge in [0.1, 0.15) is 13.7 Å². The standard InChI is InChI=1S/C42H26N3O.C24H27FNSi.Ir/c1-4-12-28(13-5-1)30-20-22-33(23-21-30)45-37-19-11-10-18-36(37)44-42(45)35-25-24-34(31-16-8-3-9-17-31)39-40-38(46-41(35)39)26-32(27-43-40)29-14-6-2-7-15-29;1-17(2)13-19-15-23(21-12-11-18(3)14-22(21)25)26-16-24(19)27(4,5)20-9-7-6-8-10-20;/h1-24,26-27H;6-11,14-17H,13H2,1-5H3;/q2*-1;/i;3D3;. The van der Waals surface area contributed by atoms with Crippen LogP contribution >= 0.6 is 0 Å². The van der Waals surface area contributed by atoms with Crippen molar-refractivity contribution in [2.75, 3.05) is 0 Å². The minimum atomic E-state index is -2.36. The summed E-state index contributed by atoms with van der Waals surface area (Å²) in [6.07, 6.45) is 4.68. The second-order valence-electron chi connectivity index (χ2n) is 19.3. The molecule has 0 fully saturated rings. The van der Waals surface area contributed by atoms with Crippen molar-refractivity contribution in [1.29, 1.82) is 0 Å². The van der Waals surface area contributed by atoms with Gasteiger partial charge in [-0.15, -0.1) is 35.9 Å². The van der Waals surface area contributed by atoms with E-state index in [1.807, 2.05) is 60.9 Å². The molecule has 12 aromatic rings. The van der Waals surface area contributed by atoms with Crippen LogP contribution in [0.5, 0.6) is 0 Å². The first kappa shape index (κ1) is 46.0. The molecule has 8 aromatic carbocycles. The van der Waals surface area contributed by atoms with Crippen LogP contribution in [-0.4, -0.2) is 27.6 Å². The molecule has 4 heterocycles. The van der Waals surface area contributed by atoms with E-state index < -0.39 is 20.7 Å². The van der Waals surface area contributed by atoms with Gasteiger partial charge in [0.2, 0.25) is 0 Å². The minimum Gasteiger partial charge on any atom is -0.499 e. The molecule has 4 aromatic heterocycles. The van der Waals surface area contributed by atoms with Crippen molar-refractivity contribution < 1.29 is 33.0 Å². The smallest absolute Gasteiger partial charge is 0.140 e. The largest absolute Gasteiger partial charge is 0.499 e. The van der Waals surface area contributed by atoms with Crippen molar-refractivity contribution in [2.24, 2.45) is 5.92 Å². The molecular weight excluding hydrogens is 1100 g/mol. The zero-order valence-electron chi connectivity index (χ0n) is 44.4. The Labute approximate surface area is 451 Å². The van der Waals surface area contributed by atoms with Gasteiger partial charge in [-0.1, -0.05) is 218 Å². The number of benzene rings is 8. The van der Waals surface area contributed by atoms with E-state index in [0.717, 1.165) is 84.9 Å². The third-order valence-electron chi connectivity index (χ3n) is 13.5. The summed E-state index contributed by atoms with van der Waals surface area (Å²) in [5, 5.41) is 3.52. The number of aryl methyl sites for hydroxylation is 1. The summed E-state index contributed by atoms with van der Waals surface area (Å²) in [5.41, 5.74) is 14.3. The van der Waals surface area contributed by atoms with Crippen LogP contribution in [0, 0.1) is 30.7 Å². The number of fused-ring (bicyclic) bond motifs is 4. The Balaban J connectivity index is 0.000000189. The van der Waals surface area contributed by atoms with Crippen molar-refractivity contribution in [3.63, 3.8) is 0 Å². The number of hydrogen-bond donors (Lipinski definition) is 0. The van der Waals surface area contributed by atoms with E-state index in [2.05, 4.69) is 188 Å². The van der Waals surface area contributed by atoms with Crippen LogP contribution in [0.2, 0.25) is 13.1 Å². The van der Waals surface area contributed by atoms with Crippen molar-refractivity contribution in [1.82, 2.24) is 19.5 Å². The van der Waals surface area contributed by atoms with Crippen LogP contribution in [0.1, 0.15) is 29.1 Å². The number of halogens is 1. The number of pyridine rings is 2. The van der Waals surface area contributed by atoms with Gasteiger partial charge in [-0.25, -0.2) is 0 Å². The number of hydrogen-bond acceptors (Lipinski definition) is 4. The molecule has 0 aliphatic carbocycles. The first-order valence-electron chi connectivity index (χ1n) is 26.1. The first-order chi connectivity index (χ1) is 36.8. The third kappa shape index (κ3) is 9.84. The van der Waals surface area contributed by atoms with Crippen molar-refractivity contribution in [3.05, 3.63) is 242 Å². The summed E-state index contributed by atoms with van der Waals surface area (Å²) in [6, 6.07) is 73.3. The number of rotatable bonds is 10. The van der Waals surface area contributed by atoms with Gasteiger partial charge in [0.05, 0.1) is 28.0 Å². The van der Waals surface area contributed by atoms with Crippen LogP contribution in [0.4, 0.5) is 4.39 Å². The van der Waals surface area contributed by atoms with Crippen molar-refractivity contribution in [2.45, 2.75) is 40.2 Å². The van der Waals surface area contributed by atoms with Crippen molar-refractivity contribution in [3.8, 4) is 61.7 Å². The maximum atomic E-state index is 14.7. The summed E-state index contributed by atoms with van der Waals surface area (Å²) in [5.74, 6) is 0.589. The number of imidazole rings is 1. The van der Waals surface area contributed by atoms with E-state index in [-0.39, 0.29) is 31.2 Å². The van der Waals surface area contributed by atoms with Crippen LogP contribution in [-0.2, 0) is 26.5 Å². The fourth-order valence-electron chi connectivity index (χ4n) is 9.86. The Morgan fingerprint density at radius 3 is 1.92 bits per heavy atom. The zero-order valence-corrected chi connectivity index (χ0v) is 44.8. The number of para-hydroxylation sites is 2. The fourth-order valence-corrected chi connectivity index (χ4v) is 12.6. The molecule has 365 valence electrons. The van der Waals surface area contributed by atoms with E-state index in [4.69, 9.17) is 18.5 Å². The van der Waals surface area contributed by atoms with Gasteiger partial charge >= 0.3 is 0 Å². The van der Waals surface area contributed by atoms with Crippen LogP contribution < -0.4 is 10.4 Å². The second kappa shape index (κ2) is 21.3. The molecule has 0 atom stereocenters. The van der Waals surface area contributed by atoms with Crippen LogP contribution in [0.15, 0.2) is 217 Å². The molecule has 0 saturated heterocycles. The SMILES string of the molecule is [2H]C([2H])([2H])c1c[c-]c(-c2cc(CC(C)C)c([Si](C)(C)c3ccccc3)cn2)c(F)c1.[Ir].[c-]1cc(-c2ccccc2)c2c(oc3cc(-c4ccccc4)cnc32)c1-c1nc2ccccc2n1-c1ccc(-c2ccccc2)cc1. The summed E-state index contributed by atoms with van der Waals surface area (Å²) in [4.78, 5) is 14.8. The Kier molecular flexibility index (Phi) is 13.2. The first-order valence-corrected chi connectivity index (χ1v) is 27.6. The molecule has 5 nitrogen and oxygen atoms in total.